The summed E-state index contributed by atoms with van der Waals surface area (Å²) in [6, 6.07) is 16.4. The summed E-state index contributed by atoms with van der Waals surface area (Å²) in [4.78, 5) is 12.6. The molecule has 0 atom stereocenters. The minimum Gasteiger partial charge on any atom is -0.272 e. The Kier molecular flexibility index (Phi) is 4.59. The Hall–Kier alpha value is -3.21. The number of aromatic nitrogens is 2. The third-order valence-electron chi connectivity index (χ3n) is 5.17. The number of hydrogen-bond acceptors (Lipinski definition) is 3. The second kappa shape index (κ2) is 7.08. The number of aromatic amines is 1. The van der Waals surface area contributed by atoms with Crippen molar-refractivity contribution >= 4 is 12.1 Å². The second-order valence-corrected chi connectivity index (χ2v) is 8.15. The predicted octanol–water partition coefficient (Wildman–Crippen LogP) is 4.24. The van der Waals surface area contributed by atoms with Crippen LogP contribution in [-0.4, -0.2) is 22.3 Å². The van der Waals surface area contributed by atoms with Gasteiger partial charge in [0.1, 0.15) is 5.69 Å². The summed E-state index contributed by atoms with van der Waals surface area (Å²) in [5, 5.41) is 11.4. The Balaban J connectivity index is 1.47. The highest BCUT2D eigenvalue weighted by atomic mass is 16.2. The summed E-state index contributed by atoms with van der Waals surface area (Å²) in [6.07, 6.45) is 3.36. The van der Waals surface area contributed by atoms with Crippen molar-refractivity contribution in [2.45, 2.75) is 39.0 Å². The van der Waals surface area contributed by atoms with E-state index in [4.69, 9.17) is 0 Å². The number of nitrogens with one attached hydrogen (secondary N) is 2. The van der Waals surface area contributed by atoms with Gasteiger partial charge in [-0.2, -0.15) is 10.2 Å². The highest BCUT2D eigenvalue weighted by Crippen LogP contribution is 2.33. The molecule has 142 valence electrons. The molecule has 1 aliphatic carbocycles. The van der Waals surface area contributed by atoms with Crippen molar-refractivity contribution in [3.05, 3.63) is 76.5 Å². The molecular formula is C23H24N4O. The van der Waals surface area contributed by atoms with E-state index in [0.29, 0.717) is 5.69 Å². The third kappa shape index (κ3) is 3.48. The number of benzene rings is 2. The average Bonchev–Trinajstić information content (AvgIpc) is 3.12. The Bertz CT molecular complexity index is 1040. The number of amides is 1. The topological polar surface area (TPSA) is 70.1 Å². The first-order valence-electron chi connectivity index (χ1n) is 9.53. The van der Waals surface area contributed by atoms with Crippen LogP contribution in [0.4, 0.5) is 0 Å². The molecule has 0 aliphatic heterocycles. The van der Waals surface area contributed by atoms with Crippen LogP contribution in [0.2, 0.25) is 0 Å². The molecule has 0 bridgehead atoms. The van der Waals surface area contributed by atoms with Gasteiger partial charge < -0.3 is 0 Å². The standard InChI is InChI=1S/C23H24N4O/c1-23(2,3)17-11-8-15(9-12-17)14-24-27-22(28)21-19-13-10-16-6-4-5-7-18(16)20(19)25-26-21/h4-9,11-12,14H,10,13H2,1-3H3,(H,25,26)(H,27,28)/b24-14-. The van der Waals surface area contributed by atoms with Crippen LogP contribution < -0.4 is 5.43 Å². The monoisotopic (exact) mass is 372 g/mol. The fourth-order valence-electron chi connectivity index (χ4n) is 3.54. The van der Waals surface area contributed by atoms with Gasteiger partial charge in [0, 0.05) is 11.1 Å². The zero-order chi connectivity index (χ0) is 19.7. The van der Waals surface area contributed by atoms with E-state index < -0.39 is 0 Å². The van der Waals surface area contributed by atoms with Crippen LogP contribution >= 0.6 is 0 Å². The minimum absolute atomic E-state index is 0.113. The molecule has 0 spiro atoms. The first-order chi connectivity index (χ1) is 13.4. The van der Waals surface area contributed by atoms with Gasteiger partial charge in [-0.1, -0.05) is 69.3 Å². The molecule has 4 rings (SSSR count). The lowest BCUT2D eigenvalue weighted by Crippen LogP contribution is -2.20. The lowest BCUT2D eigenvalue weighted by Gasteiger charge is -2.18. The molecule has 1 aromatic heterocycles. The van der Waals surface area contributed by atoms with Crippen molar-refractivity contribution in [3.8, 4) is 11.3 Å². The van der Waals surface area contributed by atoms with Crippen LogP contribution in [0, 0.1) is 0 Å². The molecule has 0 saturated heterocycles. The molecule has 28 heavy (non-hydrogen) atoms. The summed E-state index contributed by atoms with van der Waals surface area (Å²) in [5.41, 5.74) is 9.61. The van der Waals surface area contributed by atoms with Crippen molar-refractivity contribution in [2.24, 2.45) is 5.10 Å². The highest BCUT2D eigenvalue weighted by molar-refractivity contribution is 5.96. The van der Waals surface area contributed by atoms with Gasteiger partial charge in [0.2, 0.25) is 0 Å². The van der Waals surface area contributed by atoms with Crippen LogP contribution in [0.3, 0.4) is 0 Å². The zero-order valence-corrected chi connectivity index (χ0v) is 16.4. The maximum atomic E-state index is 12.6. The Labute approximate surface area is 164 Å². The van der Waals surface area contributed by atoms with Crippen LogP contribution in [0.5, 0.6) is 0 Å². The lowest BCUT2D eigenvalue weighted by atomic mass is 9.87. The fourth-order valence-corrected chi connectivity index (χ4v) is 3.54. The van der Waals surface area contributed by atoms with E-state index in [1.165, 1.54) is 11.1 Å². The molecule has 1 heterocycles. The smallest absolute Gasteiger partial charge is 0.272 e. The molecular weight excluding hydrogens is 348 g/mol. The number of nitrogens with zero attached hydrogens (tertiary/aromatic N) is 2. The van der Waals surface area contributed by atoms with E-state index in [1.54, 1.807) is 6.21 Å². The number of carbonyl (C=O) groups is 1. The molecule has 5 nitrogen and oxygen atoms in total. The van der Waals surface area contributed by atoms with E-state index >= 15 is 0 Å². The SMILES string of the molecule is CC(C)(C)c1ccc(/C=N\NC(=O)c2[nH]nc3c2CCc2ccccc2-3)cc1. The van der Waals surface area contributed by atoms with Crippen LogP contribution in [0.25, 0.3) is 11.3 Å². The first-order valence-corrected chi connectivity index (χ1v) is 9.53. The van der Waals surface area contributed by atoms with Crippen LogP contribution in [0.15, 0.2) is 53.6 Å². The third-order valence-corrected chi connectivity index (χ3v) is 5.17. The largest absolute Gasteiger partial charge is 0.289 e. The van der Waals surface area contributed by atoms with Crippen molar-refractivity contribution in [3.63, 3.8) is 0 Å². The van der Waals surface area contributed by atoms with E-state index in [1.807, 2.05) is 24.3 Å². The first kappa shape index (κ1) is 18.2. The van der Waals surface area contributed by atoms with Gasteiger partial charge in [-0.3, -0.25) is 9.89 Å². The van der Waals surface area contributed by atoms with E-state index in [2.05, 4.69) is 65.8 Å². The summed E-state index contributed by atoms with van der Waals surface area (Å²) < 4.78 is 0. The molecule has 0 radical (unpaired) electrons. The molecule has 1 amide bonds. The quantitative estimate of drug-likeness (QED) is 0.533. The molecule has 0 saturated carbocycles. The number of rotatable bonds is 3. The van der Waals surface area contributed by atoms with Gasteiger partial charge in [-0.25, -0.2) is 5.43 Å². The number of H-pyrrole nitrogens is 1. The molecule has 0 unspecified atom stereocenters. The maximum absolute atomic E-state index is 12.6. The lowest BCUT2D eigenvalue weighted by molar-refractivity contribution is 0.0949. The van der Waals surface area contributed by atoms with E-state index in [-0.39, 0.29) is 11.3 Å². The van der Waals surface area contributed by atoms with E-state index in [0.717, 1.165) is 35.2 Å². The maximum Gasteiger partial charge on any atom is 0.289 e. The van der Waals surface area contributed by atoms with Gasteiger partial charge in [0.15, 0.2) is 0 Å². The van der Waals surface area contributed by atoms with Crippen LogP contribution in [0.1, 0.15) is 53.5 Å². The number of fused-ring (bicyclic) bond motifs is 3. The summed E-state index contributed by atoms with van der Waals surface area (Å²) >= 11 is 0. The molecule has 2 aromatic carbocycles. The van der Waals surface area contributed by atoms with Crippen LogP contribution in [-0.2, 0) is 18.3 Å². The molecule has 2 N–H and O–H groups in total. The van der Waals surface area contributed by atoms with Gasteiger partial charge >= 0.3 is 0 Å². The van der Waals surface area contributed by atoms with Crippen molar-refractivity contribution in [1.29, 1.82) is 0 Å². The van der Waals surface area contributed by atoms with E-state index in [9.17, 15) is 4.79 Å². The summed E-state index contributed by atoms with van der Waals surface area (Å²) in [6.45, 7) is 6.54. The highest BCUT2D eigenvalue weighted by Gasteiger charge is 2.24. The Morgan fingerprint density at radius 3 is 2.61 bits per heavy atom. The number of hydrogen-bond donors (Lipinski definition) is 2. The van der Waals surface area contributed by atoms with Gasteiger partial charge in [-0.05, 0) is 34.9 Å². The zero-order valence-electron chi connectivity index (χ0n) is 16.4. The minimum atomic E-state index is -0.268. The van der Waals surface area contributed by atoms with Gasteiger partial charge in [-0.15, -0.1) is 0 Å². The average molecular weight is 372 g/mol. The molecule has 3 aromatic rings. The second-order valence-electron chi connectivity index (χ2n) is 8.15. The number of carbonyl (C=O) groups excluding carboxylic acids is 1. The normalized spacial score (nSPS) is 13.2. The Morgan fingerprint density at radius 2 is 1.86 bits per heavy atom. The van der Waals surface area contributed by atoms with Gasteiger partial charge in [0.05, 0.1) is 11.9 Å². The van der Waals surface area contributed by atoms with Crippen molar-refractivity contribution in [1.82, 2.24) is 15.6 Å². The summed E-state index contributed by atoms with van der Waals surface area (Å²) in [5.74, 6) is -0.268. The molecule has 0 fully saturated rings. The molecule has 5 heteroatoms. The van der Waals surface area contributed by atoms with Crippen molar-refractivity contribution in [2.75, 3.05) is 0 Å². The molecule has 1 aliphatic rings. The fraction of sp³-hybridized carbons (Fsp3) is 0.261. The van der Waals surface area contributed by atoms with Gasteiger partial charge in [0.25, 0.3) is 5.91 Å². The number of aryl methyl sites for hydroxylation is 1. The predicted molar refractivity (Wildman–Crippen MR) is 112 cm³/mol. The van der Waals surface area contributed by atoms with Crippen molar-refractivity contribution < 1.29 is 4.79 Å². The Morgan fingerprint density at radius 1 is 1.11 bits per heavy atom. The number of hydrazone groups is 1. The summed E-state index contributed by atoms with van der Waals surface area (Å²) in [7, 11) is 0.